The lowest BCUT2D eigenvalue weighted by Crippen LogP contribution is -1.94. The van der Waals surface area contributed by atoms with Gasteiger partial charge in [0, 0.05) is 18.8 Å². The Balaban J connectivity index is 2.62. The molecule has 2 aromatic rings. The number of rotatable bonds is 2. The number of hydrogen-bond acceptors (Lipinski definition) is 1. The molecule has 0 aliphatic rings. The first-order chi connectivity index (χ1) is 7.99. The maximum atomic E-state index is 13.3. The molecular formula is C14H17FN2. The predicted molar refractivity (Wildman–Crippen MR) is 67.4 cm³/mol. The van der Waals surface area contributed by atoms with Crippen LogP contribution in [0.3, 0.4) is 0 Å². The summed E-state index contributed by atoms with van der Waals surface area (Å²) in [6.07, 6.45) is 1.98. The summed E-state index contributed by atoms with van der Waals surface area (Å²) in [5, 5.41) is 4.33. The van der Waals surface area contributed by atoms with Crippen molar-refractivity contribution in [3.05, 3.63) is 41.5 Å². The molecule has 0 saturated heterocycles. The molecule has 0 radical (unpaired) electrons. The van der Waals surface area contributed by atoms with Crippen LogP contribution in [0.25, 0.3) is 11.1 Å². The van der Waals surface area contributed by atoms with Gasteiger partial charge in [-0.3, -0.25) is 4.68 Å². The van der Waals surface area contributed by atoms with Crippen molar-refractivity contribution in [3.63, 3.8) is 0 Å². The second-order valence-electron chi connectivity index (χ2n) is 4.69. The molecule has 0 aliphatic heterocycles. The highest BCUT2D eigenvalue weighted by atomic mass is 19.1. The topological polar surface area (TPSA) is 17.8 Å². The quantitative estimate of drug-likeness (QED) is 0.772. The van der Waals surface area contributed by atoms with Gasteiger partial charge in [0.2, 0.25) is 0 Å². The Morgan fingerprint density at radius 1 is 1.24 bits per heavy atom. The Kier molecular flexibility index (Phi) is 3.01. The summed E-state index contributed by atoms with van der Waals surface area (Å²) in [6.45, 7) is 6.12. The van der Waals surface area contributed by atoms with Crippen LogP contribution in [-0.2, 0) is 7.05 Å². The Labute approximate surface area is 101 Å². The number of aryl methyl sites for hydroxylation is 2. The molecule has 0 N–H and O–H groups in total. The van der Waals surface area contributed by atoms with Crippen molar-refractivity contribution < 1.29 is 4.39 Å². The smallest absolute Gasteiger partial charge is 0.123 e. The molecule has 17 heavy (non-hydrogen) atoms. The van der Waals surface area contributed by atoms with Crippen LogP contribution in [0.1, 0.15) is 31.0 Å². The standard InChI is InChI=1S/C14H17FN2/c1-9(2)13-7-11(15)5-6-12(13)14-8-17(4)16-10(14)3/h5-9H,1-4H3. The maximum Gasteiger partial charge on any atom is 0.123 e. The van der Waals surface area contributed by atoms with E-state index in [1.165, 1.54) is 6.07 Å². The normalized spacial score (nSPS) is 11.2. The minimum atomic E-state index is -0.181. The van der Waals surface area contributed by atoms with E-state index in [1.54, 1.807) is 10.7 Å². The molecular weight excluding hydrogens is 215 g/mol. The first kappa shape index (κ1) is 11.8. The van der Waals surface area contributed by atoms with Gasteiger partial charge in [-0.1, -0.05) is 19.9 Å². The van der Waals surface area contributed by atoms with Crippen LogP contribution in [0.2, 0.25) is 0 Å². The highest BCUT2D eigenvalue weighted by Crippen LogP contribution is 2.31. The van der Waals surface area contributed by atoms with Gasteiger partial charge in [-0.2, -0.15) is 5.10 Å². The average molecular weight is 232 g/mol. The summed E-state index contributed by atoms with van der Waals surface area (Å²) in [5.41, 5.74) is 4.16. The van der Waals surface area contributed by atoms with Crippen molar-refractivity contribution >= 4 is 0 Å². The summed E-state index contributed by atoms with van der Waals surface area (Å²) in [4.78, 5) is 0. The van der Waals surface area contributed by atoms with E-state index in [-0.39, 0.29) is 5.82 Å². The summed E-state index contributed by atoms with van der Waals surface area (Å²) < 4.78 is 15.1. The first-order valence-electron chi connectivity index (χ1n) is 5.79. The molecule has 0 saturated carbocycles. The second kappa shape index (κ2) is 4.32. The van der Waals surface area contributed by atoms with Gasteiger partial charge >= 0.3 is 0 Å². The largest absolute Gasteiger partial charge is 0.275 e. The van der Waals surface area contributed by atoms with Crippen molar-refractivity contribution in [2.24, 2.45) is 7.05 Å². The molecule has 0 amide bonds. The lowest BCUT2D eigenvalue weighted by molar-refractivity contribution is 0.623. The third-order valence-corrected chi connectivity index (χ3v) is 2.94. The first-order valence-corrected chi connectivity index (χ1v) is 5.79. The molecule has 90 valence electrons. The van der Waals surface area contributed by atoms with Gasteiger partial charge in [-0.25, -0.2) is 4.39 Å². The Morgan fingerprint density at radius 2 is 1.94 bits per heavy atom. The molecule has 0 bridgehead atoms. The number of halogens is 1. The number of benzene rings is 1. The minimum absolute atomic E-state index is 0.181. The van der Waals surface area contributed by atoms with Crippen LogP contribution in [0.4, 0.5) is 4.39 Å². The summed E-state index contributed by atoms with van der Waals surface area (Å²) in [5.74, 6) is 0.110. The highest BCUT2D eigenvalue weighted by Gasteiger charge is 2.13. The molecule has 2 nitrogen and oxygen atoms in total. The number of aromatic nitrogens is 2. The fraction of sp³-hybridized carbons (Fsp3) is 0.357. The molecule has 1 aromatic heterocycles. The fourth-order valence-electron chi connectivity index (χ4n) is 2.12. The van der Waals surface area contributed by atoms with Gasteiger partial charge in [0.1, 0.15) is 5.82 Å². The molecule has 1 aromatic carbocycles. The van der Waals surface area contributed by atoms with Gasteiger partial charge < -0.3 is 0 Å². The fourth-order valence-corrected chi connectivity index (χ4v) is 2.12. The molecule has 0 atom stereocenters. The summed E-state index contributed by atoms with van der Waals surface area (Å²) >= 11 is 0. The van der Waals surface area contributed by atoms with E-state index in [1.807, 2.05) is 26.2 Å². The van der Waals surface area contributed by atoms with Crippen molar-refractivity contribution in [3.8, 4) is 11.1 Å². The molecule has 0 fully saturated rings. The van der Waals surface area contributed by atoms with E-state index >= 15 is 0 Å². The van der Waals surface area contributed by atoms with Crippen LogP contribution in [-0.4, -0.2) is 9.78 Å². The Bertz CT molecular complexity index is 541. The minimum Gasteiger partial charge on any atom is -0.275 e. The predicted octanol–water partition coefficient (Wildman–Crippen LogP) is 3.66. The highest BCUT2D eigenvalue weighted by molar-refractivity contribution is 5.69. The van der Waals surface area contributed by atoms with Gasteiger partial charge in [0.05, 0.1) is 5.69 Å². The average Bonchev–Trinajstić information content (AvgIpc) is 2.57. The molecule has 0 unspecified atom stereocenters. The van der Waals surface area contributed by atoms with Crippen molar-refractivity contribution in [2.75, 3.05) is 0 Å². The van der Waals surface area contributed by atoms with Crippen LogP contribution >= 0.6 is 0 Å². The van der Waals surface area contributed by atoms with E-state index in [2.05, 4.69) is 18.9 Å². The van der Waals surface area contributed by atoms with E-state index < -0.39 is 0 Å². The van der Waals surface area contributed by atoms with Crippen molar-refractivity contribution in [2.45, 2.75) is 26.7 Å². The molecule has 1 heterocycles. The lowest BCUT2D eigenvalue weighted by atomic mass is 9.93. The Hall–Kier alpha value is -1.64. The van der Waals surface area contributed by atoms with Gasteiger partial charge in [-0.05, 0) is 36.1 Å². The number of hydrogen-bond donors (Lipinski definition) is 0. The van der Waals surface area contributed by atoms with E-state index in [4.69, 9.17) is 0 Å². The van der Waals surface area contributed by atoms with Crippen molar-refractivity contribution in [1.82, 2.24) is 9.78 Å². The van der Waals surface area contributed by atoms with E-state index in [0.29, 0.717) is 5.92 Å². The zero-order valence-electron chi connectivity index (χ0n) is 10.7. The monoisotopic (exact) mass is 232 g/mol. The maximum absolute atomic E-state index is 13.3. The van der Waals surface area contributed by atoms with Gasteiger partial charge in [0.15, 0.2) is 0 Å². The number of nitrogens with zero attached hydrogens (tertiary/aromatic N) is 2. The van der Waals surface area contributed by atoms with Crippen molar-refractivity contribution in [1.29, 1.82) is 0 Å². The van der Waals surface area contributed by atoms with Gasteiger partial charge in [-0.15, -0.1) is 0 Å². The summed E-state index contributed by atoms with van der Waals surface area (Å²) in [7, 11) is 1.90. The SMILES string of the molecule is Cc1nn(C)cc1-c1ccc(F)cc1C(C)C. The zero-order valence-corrected chi connectivity index (χ0v) is 10.7. The second-order valence-corrected chi connectivity index (χ2v) is 4.69. The Morgan fingerprint density at radius 3 is 2.47 bits per heavy atom. The van der Waals surface area contributed by atoms with Gasteiger partial charge in [0.25, 0.3) is 0 Å². The molecule has 2 rings (SSSR count). The zero-order chi connectivity index (χ0) is 12.6. The van der Waals surface area contributed by atoms with E-state index in [0.717, 1.165) is 22.4 Å². The third kappa shape index (κ3) is 2.23. The molecule has 3 heteroatoms. The molecule has 0 aliphatic carbocycles. The van der Waals surface area contributed by atoms with E-state index in [9.17, 15) is 4.39 Å². The molecule has 0 spiro atoms. The van der Waals surface area contributed by atoms with Crippen LogP contribution < -0.4 is 0 Å². The lowest BCUT2D eigenvalue weighted by Gasteiger charge is -2.12. The van der Waals surface area contributed by atoms with Crippen LogP contribution in [0.15, 0.2) is 24.4 Å². The van der Waals surface area contributed by atoms with Crippen LogP contribution in [0.5, 0.6) is 0 Å². The van der Waals surface area contributed by atoms with Crippen LogP contribution in [0, 0.1) is 12.7 Å². The summed E-state index contributed by atoms with van der Waals surface area (Å²) in [6, 6.07) is 4.97. The third-order valence-electron chi connectivity index (χ3n) is 2.94.